The number of hydrogen-bond donors (Lipinski definition) is 2. The van der Waals surface area contributed by atoms with Crippen molar-refractivity contribution in [2.75, 3.05) is 13.7 Å². The molecule has 0 aliphatic heterocycles. The number of rotatable bonds is 6. The van der Waals surface area contributed by atoms with Gasteiger partial charge in [-0.2, -0.15) is 0 Å². The van der Waals surface area contributed by atoms with E-state index in [0.717, 1.165) is 6.42 Å². The van der Waals surface area contributed by atoms with E-state index in [0.29, 0.717) is 18.9 Å². The molecule has 0 aliphatic carbocycles. The van der Waals surface area contributed by atoms with Crippen LogP contribution in [-0.4, -0.2) is 19.6 Å². The number of hydroxylamine groups is 1. The van der Waals surface area contributed by atoms with Crippen molar-refractivity contribution in [1.29, 1.82) is 0 Å². The first-order valence-electron chi connectivity index (χ1n) is 4.62. The molecule has 1 amide bonds. The van der Waals surface area contributed by atoms with E-state index >= 15 is 0 Å². The van der Waals surface area contributed by atoms with Crippen molar-refractivity contribution in [2.24, 2.45) is 17.6 Å². The summed E-state index contributed by atoms with van der Waals surface area (Å²) in [7, 11) is 1.43. The minimum absolute atomic E-state index is 0.0985. The highest BCUT2D eigenvalue weighted by atomic mass is 16.6. The van der Waals surface area contributed by atoms with Crippen LogP contribution in [0.15, 0.2) is 0 Å². The van der Waals surface area contributed by atoms with Crippen molar-refractivity contribution >= 4 is 5.91 Å². The molecule has 0 fully saturated rings. The number of carbonyl (C=O) groups excluding carboxylic acids is 1. The minimum atomic E-state index is -0.0985. The molecule has 0 radical (unpaired) electrons. The van der Waals surface area contributed by atoms with Crippen LogP contribution in [0.5, 0.6) is 0 Å². The molecule has 13 heavy (non-hydrogen) atoms. The van der Waals surface area contributed by atoms with Crippen LogP contribution in [0.4, 0.5) is 0 Å². The standard InChI is InChI=1S/C9H20N2O2/c1-7(2)4-8(6-10)5-9(12)11-13-3/h7-8H,4-6,10H2,1-3H3,(H,11,12)/t8-/m0/s1. The SMILES string of the molecule is CONC(=O)C[C@@H](CN)CC(C)C. The van der Waals surface area contributed by atoms with Crippen LogP contribution >= 0.6 is 0 Å². The summed E-state index contributed by atoms with van der Waals surface area (Å²) in [6.45, 7) is 4.79. The Morgan fingerprint density at radius 1 is 1.54 bits per heavy atom. The summed E-state index contributed by atoms with van der Waals surface area (Å²) >= 11 is 0. The lowest BCUT2D eigenvalue weighted by Gasteiger charge is -2.15. The van der Waals surface area contributed by atoms with Crippen LogP contribution in [-0.2, 0) is 9.63 Å². The molecule has 3 N–H and O–H groups in total. The fraction of sp³-hybridized carbons (Fsp3) is 0.889. The third-order valence-electron chi connectivity index (χ3n) is 1.83. The van der Waals surface area contributed by atoms with Crippen molar-refractivity contribution < 1.29 is 9.63 Å². The van der Waals surface area contributed by atoms with Crippen LogP contribution < -0.4 is 11.2 Å². The van der Waals surface area contributed by atoms with Gasteiger partial charge in [-0.25, -0.2) is 5.48 Å². The first-order valence-corrected chi connectivity index (χ1v) is 4.62. The van der Waals surface area contributed by atoms with Crippen LogP contribution in [0.25, 0.3) is 0 Å². The van der Waals surface area contributed by atoms with Crippen LogP contribution in [0, 0.1) is 11.8 Å². The van der Waals surface area contributed by atoms with Gasteiger partial charge in [0.1, 0.15) is 0 Å². The van der Waals surface area contributed by atoms with E-state index in [1.165, 1.54) is 7.11 Å². The molecule has 4 heteroatoms. The number of carbonyl (C=O) groups is 1. The van der Waals surface area contributed by atoms with Crippen LogP contribution in [0.2, 0.25) is 0 Å². The predicted molar refractivity (Wildman–Crippen MR) is 51.8 cm³/mol. The lowest BCUT2D eigenvalue weighted by molar-refractivity contribution is -0.132. The minimum Gasteiger partial charge on any atom is -0.330 e. The molecule has 0 aromatic rings. The Balaban J connectivity index is 3.76. The molecule has 78 valence electrons. The first-order chi connectivity index (χ1) is 6.10. The number of nitrogens with one attached hydrogen (secondary N) is 1. The van der Waals surface area contributed by atoms with Crippen molar-refractivity contribution in [3.63, 3.8) is 0 Å². The summed E-state index contributed by atoms with van der Waals surface area (Å²) in [5.41, 5.74) is 7.83. The molecule has 0 saturated carbocycles. The highest BCUT2D eigenvalue weighted by Gasteiger charge is 2.13. The van der Waals surface area contributed by atoms with Crippen molar-refractivity contribution in [3.8, 4) is 0 Å². The highest BCUT2D eigenvalue weighted by Crippen LogP contribution is 2.13. The van der Waals surface area contributed by atoms with E-state index in [1.54, 1.807) is 0 Å². The molecule has 0 unspecified atom stereocenters. The second kappa shape index (κ2) is 6.86. The zero-order chi connectivity index (χ0) is 10.3. The molecular formula is C9H20N2O2. The van der Waals surface area contributed by atoms with E-state index in [4.69, 9.17) is 5.73 Å². The average molecular weight is 188 g/mol. The molecule has 0 rings (SSSR count). The first kappa shape index (κ1) is 12.4. The third-order valence-corrected chi connectivity index (χ3v) is 1.83. The van der Waals surface area contributed by atoms with E-state index in [-0.39, 0.29) is 11.8 Å². The Kier molecular flexibility index (Phi) is 6.54. The molecule has 0 aliphatic rings. The molecule has 0 spiro atoms. The van der Waals surface area contributed by atoms with Gasteiger partial charge < -0.3 is 5.73 Å². The molecule has 4 nitrogen and oxygen atoms in total. The number of hydrogen-bond acceptors (Lipinski definition) is 3. The normalized spacial score (nSPS) is 13.0. The van der Waals surface area contributed by atoms with Gasteiger partial charge >= 0.3 is 0 Å². The summed E-state index contributed by atoms with van der Waals surface area (Å²) in [5, 5.41) is 0. The molecule has 0 saturated heterocycles. The Bertz CT molecular complexity index is 149. The molecule has 0 aromatic carbocycles. The van der Waals surface area contributed by atoms with Gasteiger partial charge in [0, 0.05) is 6.42 Å². The van der Waals surface area contributed by atoms with Gasteiger partial charge in [0.25, 0.3) is 0 Å². The Morgan fingerprint density at radius 3 is 2.54 bits per heavy atom. The van der Waals surface area contributed by atoms with Gasteiger partial charge in [-0.15, -0.1) is 0 Å². The fourth-order valence-electron chi connectivity index (χ4n) is 1.35. The number of nitrogens with two attached hydrogens (primary N) is 1. The van der Waals surface area contributed by atoms with E-state index in [1.807, 2.05) is 0 Å². The number of amides is 1. The van der Waals surface area contributed by atoms with Gasteiger partial charge in [-0.05, 0) is 24.8 Å². The van der Waals surface area contributed by atoms with Crippen molar-refractivity contribution in [1.82, 2.24) is 5.48 Å². The molecule has 0 bridgehead atoms. The second-order valence-electron chi connectivity index (χ2n) is 3.66. The van der Waals surface area contributed by atoms with Crippen molar-refractivity contribution in [3.05, 3.63) is 0 Å². The molecule has 0 aromatic heterocycles. The predicted octanol–water partition coefficient (Wildman–Crippen LogP) is 0.675. The summed E-state index contributed by atoms with van der Waals surface area (Å²) in [6, 6.07) is 0. The van der Waals surface area contributed by atoms with Gasteiger partial charge in [0.15, 0.2) is 0 Å². The molecule has 1 atom stereocenters. The monoisotopic (exact) mass is 188 g/mol. The van der Waals surface area contributed by atoms with Crippen molar-refractivity contribution in [2.45, 2.75) is 26.7 Å². The van der Waals surface area contributed by atoms with Gasteiger partial charge in [0.05, 0.1) is 7.11 Å². The lowest BCUT2D eigenvalue weighted by atomic mass is 9.94. The summed E-state index contributed by atoms with van der Waals surface area (Å²) in [5.74, 6) is 0.734. The van der Waals surface area contributed by atoms with Crippen LogP contribution in [0.3, 0.4) is 0 Å². The average Bonchev–Trinajstić information content (AvgIpc) is 2.02. The zero-order valence-electron chi connectivity index (χ0n) is 8.67. The summed E-state index contributed by atoms with van der Waals surface area (Å²) in [6.07, 6.45) is 1.43. The Morgan fingerprint density at radius 2 is 2.15 bits per heavy atom. The van der Waals surface area contributed by atoms with Gasteiger partial charge in [0.2, 0.25) is 5.91 Å². The Labute approximate surface area is 79.8 Å². The molecule has 0 heterocycles. The zero-order valence-corrected chi connectivity index (χ0v) is 8.67. The summed E-state index contributed by atoms with van der Waals surface area (Å²) < 4.78 is 0. The highest BCUT2D eigenvalue weighted by molar-refractivity contribution is 5.75. The van der Waals surface area contributed by atoms with Gasteiger partial charge in [-0.3, -0.25) is 9.63 Å². The third kappa shape index (κ3) is 6.54. The van der Waals surface area contributed by atoms with E-state index in [2.05, 4.69) is 24.2 Å². The largest absolute Gasteiger partial charge is 0.330 e. The second-order valence-corrected chi connectivity index (χ2v) is 3.66. The van der Waals surface area contributed by atoms with E-state index < -0.39 is 0 Å². The maximum atomic E-state index is 11.1. The maximum Gasteiger partial charge on any atom is 0.243 e. The van der Waals surface area contributed by atoms with Gasteiger partial charge in [-0.1, -0.05) is 13.8 Å². The maximum absolute atomic E-state index is 11.1. The van der Waals surface area contributed by atoms with Crippen LogP contribution in [0.1, 0.15) is 26.7 Å². The topological polar surface area (TPSA) is 64.3 Å². The fourth-order valence-corrected chi connectivity index (χ4v) is 1.35. The van der Waals surface area contributed by atoms with E-state index in [9.17, 15) is 4.79 Å². The lowest BCUT2D eigenvalue weighted by Crippen LogP contribution is -2.28. The quantitative estimate of drug-likeness (QED) is 0.602. The molecular weight excluding hydrogens is 168 g/mol. The smallest absolute Gasteiger partial charge is 0.243 e. The summed E-state index contributed by atoms with van der Waals surface area (Å²) in [4.78, 5) is 15.6. The Hall–Kier alpha value is -0.610.